The average Bonchev–Trinajstić information content (AvgIpc) is 3.20. The Labute approximate surface area is 186 Å². The lowest BCUT2D eigenvalue weighted by Crippen LogP contribution is -2.37. The summed E-state index contributed by atoms with van der Waals surface area (Å²) < 4.78 is 10.4. The molecule has 2 atom stereocenters. The summed E-state index contributed by atoms with van der Waals surface area (Å²) in [4.78, 5) is 71.8. The summed E-state index contributed by atoms with van der Waals surface area (Å²) in [6.07, 6.45) is 6.58. The molecule has 10 nitrogen and oxygen atoms in total. The van der Waals surface area contributed by atoms with Gasteiger partial charge in [0.2, 0.25) is 0 Å². The Morgan fingerprint density at radius 2 is 0.969 bits per heavy atom. The zero-order valence-corrected chi connectivity index (χ0v) is 18.3. The van der Waals surface area contributed by atoms with Gasteiger partial charge in [0.15, 0.2) is 0 Å². The minimum Gasteiger partial charge on any atom is -0.461 e. The summed E-state index contributed by atoms with van der Waals surface area (Å²) in [6.45, 7) is 3.28. The first-order valence-electron chi connectivity index (χ1n) is 10.6. The molecule has 0 radical (unpaired) electrons. The summed E-state index contributed by atoms with van der Waals surface area (Å²) in [5.41, 5.74) is 0. The topological polar surface area (TPSA) is 127 Å². The van der Waals surface area contributed by atoms with Gasteiger partial charge in [-0.2, -0.15) is 0 Å². The van der Waals surface area contributed by atoms with E-state index in [-0.39, 0.29) is 25.9 Å². The highest BCUT2D eigenvalue weighted by Crippen LogP contribution is 2.11. The van der Waals surface area contributed by atoms with E-state index in [1.165, 1.54) is 24.3 Å². The summed E-state index contributed by atoms with van der Waals surface area (Å²) in [6, 6.07) is 0. The number of unbranched alkanes of at least 4 members (excludes halogenated alkanes) is 3. The van der Waals surface area contributed by atoms with Gasteiger partial charge in [0.25, 0.3) is 23.6 Å². The molecule has 0 aromatic rings. The highest BCUT2D eigenvalue weighted by molar-refractivity contribution is 6.13. The van der Waals surface area contributed by atoms with Gasteiger partial charge in [-0.25, -0.2) is 0 Å². The second-order valence-corrected chi connectivity index (χ2v) is 7.76. The molecule has 2 unspecified atom stereocenters. The quantitative estimate of drug-likeness (QED) is 0.232. The molecule has 10 heteroatoms. The predicted molar refractivity (Wildman–Crippen MR) is 111 cm³/mol. The van der Waals surface area contributed by atoms with Crippen LogP contribution in [-0.2, 0) is 38.2 Å². The molecule has 0 saturated heterocycles. The molecular weight excluding hydrogens is 420 g/mol. The van der Waals surface area contributed by atoms with Gasteiger partial charge >= 0.3 is 11.9 Å². The Bertz CT molecular complexity index is 728. The van der Waals surface area contributed by atoms with Crippen LogP contribution in [0.15, 0.2) is 24.3 Å². The van der Waals surface area contributed by atoms with Crippen molar-refractivity contribution in [2.24, 2.45) is 0 Å². The Balaban J connectivity index is 1.50. The van der Waals surface area contributed by atoms with Crippen LogP contribution in [0.5, 0.6) is 0 Å². The molecule has 0 saturated carbocycles. The Morgan fingerprint density at radius 1 is 0.656 bits per heavy atom. The fraction of sp³-hybridized carbons (Fsp3) is 0.545. The van der Waals surface area contributed by atoms with E-state index < -0.39 is 47.8 Å². The molecule has 0 aromatic carbocycles. The van der Waals surface area contributed by atoms with Crippen molar-refractivity contribution in [3.8, 4) is 0 Å². The summed E-state index contributed by atoms with van der Waals surface area (Å²) in [7, 11) is 0. The van der Waals surface area contributed by atoms with Crippen molar-refractivity contribution < 1.29 is 38.2 Å². The van der Waals surface area contributed by atoms with Crippen molar-refractivity contribution >= 4 is 35.6 Å². The Kier molecular flexibility index (Phi) is 9.30. The molecule has 0 aromatic heterocycles. The molecule has 4 amide bonds. The fourth-order valence-electron chi connectivity index (χ4n) is 3.27. The SMILES string of the molecule is CC(CN1C(=O)C=CC1=O)OC(=O)CCCCCCC(=O)OC(C)CN1C(=O)C=CC1=O. The number of ether oxygens (including phenoxy) is 2. The van der Waals surface area contributed by atoms with Gasteiger partial charge in [-0.15, -0.1) is 0 Å². The van der Waals surface area contributed by atoms with Gasteiger partial charge in [0, 0.05) is 37.1 Å². The van der Waals surface area contributed by atoms with Crippen LogP contribution < -0.4 is 0 Å². The molecule has 32 heavy (non-hydrogen) atoms. The normalized spacial score (nSPS) is 17.3. The van der Waals surface area contributed by atoms with E-state index >= 15 is 0 Å². The van der Waals surface area contributed by atoms with E-state index in [0.717, 1.165) is 22.6 Å². The first-order valence-corrected chi connectivity index (χ1v) is 10.6. The van der Waals surface area contributed by atoms with Gasteiger partial charge < -0.3 is 9.47 Å². The van der Waals surface area contributed by atoms with Crippen LogP contribution in [-0.4, -0.2) is 70.7 Å². The summed E-state index contributed by atoms with van der Waals surface area (Å²) in [5, 5.41) is 0. The van der Waals surface area contributed by atoms with Crippen molar-refractivity contribution in [2.75, 3.05) is 13.1 Å². The van der Waals surface area contributed by atoms with Crippen molar-refractivity contribution in [1.82, 2.24) is 9.80 Å². The van der Waals surface area contributed by atoms with Crippen molar-refractivity contribution in [2.45, 2.75) is 64.6 Å². The van der Waals surface area contributed by atoms with E-state index in [2.05, 4.69) is 0 Å². The Morgan fingerprint density at radius 3 is 1.28 bits per heavy atom. The van der Waals surface area contributed by atoms with Crippen molar-refractivity contribution in [1.29, 1.82) is 0 Å². The van der Waals surface area contributed by atoms with Gasteiger partial charge in [0.05, 0.1) is 13.1 Å². The molecule has 2 aliphatic rings. The molecule has 0 spiro atoms. The maximum Gasteiger partial charge on any atom is 0.306 e. The van der Waals surface area contributed by atoms with Gasteiger partial charge in [-0.1, -0.05) is 12.8 Å². The van der Waals surface area contributed by atoms with Crippen molar-refractivity contribution in [3.05, 3.63) is 24.3 Å². The van der Waals surface area contributed by atoms with Crippen molar-refractivity contribution in [3.63, 3.8) is 0 Å². The minimum absolute atomic E-state index is 0.0214. The number of carbonyl (C=O) groups excluding carboxylic acids is 6. The number of carbonyl (C=O) groups is 6. The van der Waals surface area contributed by atoms with Gasteiger partial charge in [0.1, 0.15) is 12.2 Å². The molecule has 0 aliphatic carbocycles. The number of amides is 4. The molecule has 2 rings (SSSR count). The third-order valence-corrected chi connectivity index (χ3v) is 4.86. The molecule has 0 fully saturated rings. The van der Waals surface area contributed by atoms with E-state index in [1.807, 2.05) is 0 Å². The molecule has 174 valence electrons. The van der Waals surface area contributed by atoms with Crippen LogP contribution >= 0.6 is 0 Å². The molecule has 2 aliphatic heterocycles. The Hall–Kier alpha value is -3.30. The van der Waals surface area contributed by atoms with Gasteiger partial charge in [-0.05, 0) is 26.7 Å². The van der Waals surface area contributed by atoms with Crippen LogP contribution in [0, 0.1) is 0 Å². The summed E-state index contributed by atoms with van der Waals surface area (Å²) >= 11 is 0. The lowest BCUT2D eigenvalue weighted by molar-refractivity contribution is -0.153. The van der Waals surface area contributed by atoms with E-state index in [0.29, 0.717) is 12.8 Å². The minimum atomic E-state index is -0.589. The zero-order valence-electron chi connectivity index (χ0n) is 18.3. The number of nitrogens with zero attached hydrogens (tertiary/aromatic N) is 2. The zero-order chi connectivity index (χ0) is 23.7. The molecule has 0 bridgehead atoms. The van der Waals surface area contributed by atoms with Crippen LogP contribution in [0.2, 0.25) is 0 Å². The number of hydrogen-bond donors (Lipinski definition) is 0. The lowest BCUT2D eigenvalue weighted by atomic mass is 10.1. The van der Waals surface area contributed by atoms with Crippen LogP contribution in [0.3, 0.4) is 0 Å². The number of imide groups is 2. The van der Waals surface area contributed by atoms with E-state index in [9.17, 15) is 28.8 Å². The fourth-order valence-corrected chi connectivity index (χ4v) is 3.27. The average molecular weight is 448 g/mol. The standard InChI is InChI=1S/C22H28N2O8/c1-15(13-23-17(25)9-10-18(23)26)31-21(29)7-5-3-4-6-8-22(30)32-16(2)14-24-19(27)11-12-20(24)28/h9-12,15-16H,3-8,13-14H2,1-2H3. The lowest BCUT2D eigenvalue weighted by Gasteiger charge is -2.19. The van der Waals surface area contributed by atoms with Crippen LogP contribution in [0.25, 0.3) is 0 Å². The first-order chi connectivity index (χ1) is 15.2. The molecule has 0 N–H and O–H groups in total. The molecular formula is C22H28N2O8. The molecule has 2 heterocycles. The maximum absolute atomic E-state index is 11.9. The predicted octanol–water partition coefficient (Wildman–Crippen LogP) is 1.04. The largest absolute Gasteiger partial charge is 0.461 e. The van der Waals surface area contributed by atoms with Crippen LogP contribution in [0.4, 0.5) is 0 Å². The van der Waals surface area contributed by atoms with Crippen LogP contribution in [0.1, 0.15) is 52.4 Å². The highest BCUT2D eigenvalue weighted by Gasteiger charge is 2.27. The number of esters is 2. The number of rotatable bonds is 13. The van der Waals surface area contributed by atoms with Gasteiger partial charge in [-0.3, -0.25) is 38.6 Å². The maximum atomic E-state index is 11.9. The number of hydrogen-bond acceptors (Lipinski definition) is 8. The first kappa shape index (κ1) is 25.0. The third-order valence-electron chi connectivity index (χ3n) is 4.86. The smallest absolute Gasteiger partial charge is 0.306 e. The van der Waals surface area contributed by atoms with E-state index in [4.69, 9.17) is 9.47 Å². The van der Waals surface area contributed by atoms with E-state index in [1.54, 1.807) is 13.8 Å². The highest BCUT2D eigenvalue weighted by atomic mass is 16.5. The summed E-state index contributed by atoms with van der Waals surface area (Å²) in [5.74, 6) is -2.47. The second kappa shape index (κ2) is 11.9. The third kappa shape index (κ3) is 7.75. The monoisotopic (exact) mass is 448 g/mol. The second-order valence-electron chi connectivity index (χ2n) is 7.76.